The van der Waals surface area contributed by atoms with Crippen LogP contribution < -0.4 is 11.1 Å². The average molecular weight is 240 g/mol. The molecular formula is C15H16N2O. The first kappa shape index (κ1) is 12.2. The molecule has 3 N–H and O–H groups in total. The van der Waals surface area contributed by atoms with Crippen LogP contribution in [0.4, 0.5) is 5.69 Å². The van der Waals surface area contributed by atoms with E-state index in [0.29, 0.717) is 6.54 Å². The number of nitrogens with one attached hydrogen (secondary N) is 1. The van der Waals surface area contributed by atoms with Crippen LogP contribution in [0, 0.1) is 0 Å². The Kier molecular flexibility index (Phi) is 3.63. The molecule has 3 nitrogen and oxygen atoms in total. The average Bonchev–Trinajstić information content (AvgIpc) is 2.34. The first-order valence-electron chi connectivity index (χ1n) is 5.85. The van der Waals surface area contributed by atoms with E-state index in [1.807, 2.05) is 42.5 Å². The third-order valence-electron chi connectivity index (χ3n) is 2.67. The normalized spacial score (nSPS) is 10.9. The van der Waals surface area contributed by atoms with Gasteiger partial charge < -0.3 is 11.1 Å². The highest BCUT2D eigenvalue weighted by Crippen LogP contribution is 2.19. The Morgan fingerprint density at radius 3 is 2.72 bits per heavy atom. The fraction of sp³-hybridized carbons (Fsp3) is 0.133. The molecule has 0 radical (unpaired) electrons. The molecule has 0 aromatic heterocycles. The lowest BCUT2D eigenvalue weighted by molar-refractivity contribution is -0.118. The summed E-state index contributed by atoms with van der Waals surface area (Å²) in [5, 5.41) is 5.01. The van der Waals surface area contributed by atoms with Gasteiger partial charge in [-0.2, -0.15) is 0 Å². The van der Waals surface area contributed by atoms with Crippen molar-refractivity contribution in [2.45, 2.75) is 6.92 Å². The van der Waals surface area contributed by atoms with Gasteiger partial charge in [-0.1, -0.05) is 30.4 Å². The lowest BCUT2D eigenvalue weighted by Gasteiger charge is -2.01. The molecule has 2 rings (SSSR count). The van der Waals surface area contributed by atoms with Crippen molar-refractivity contribution >= 4 is 28.4 Å². The van der Waals surface area contributed by atoms with E-state index >= 15 is 0 Å². The maximum atomic E-state index is 10.7. The van der Waals surface area contributed by atoms with Crippen molar-refractivity contribution in [3.8, 4) is 0 Å². The topological polar surface area (TPSA) is 55.1 Å². The molecule has 0 heterocycles. The highest BCUT2D eigenvalue weighted by molar-refractivity contribution is 5.87. The summed E-state index contributed by atoms with van der Waals surface area (Å²) in [4.78, 5) is 10.7. The maximum absolute atomic E-state index is 10.7. The van der Waals surface area contributed by atoms with Crippen LogP contribution in [0.3, 0.4) is 0 Å². The molecule has 0 saturated heterocycles. The van der Waals surface area contributed by atoms with E-state index in [1.54, 1.807) is 0 Å². The van der Waals surface area contributed by atoms with Gasteiger partial charge in [-0.3, -0.25) is 4.79 Å². The highest BCUT2D eigenvalue weighted by Gasteiger charge is 1.95. The fourth-order valence-electron chi connectivity index (χ4n) is 1.78. The summed E-state index contributed by atoms with van der Waals surface area (Å²) in [6.07, 6.45) is 3.92. The molecule has 0 spiro atoms. The molecule has 92 valence electrons. The van der Waals surface area contributed by atoms with Crippen LogP contribution in [0.2, 0.25) is 0 Å². The number of fused-ring (bicyclic) bond motifs is 1. The Bertz CT molecular complexity index is 602. The number of amides is 1. The highest BCUT2D eigenvalue weighted by atomic mass is 16.1. The Balaban J connectivity index is 2.15. The van der Waals surface area contributed by atoms with Gasteiger partial charge in [0.15, 0.2) is 0 Å². The molecule has 2 aromatic carbocycles. The van der Waals surface area contributed by atoms with Crippen LogP contribution in [0.15, 0.2) is 42.5 Å². The third kappa shape index (κ3) is 3.10. The molecule has 2 aromatic rings. The molecule has 0 aliphatic heterocycles. The molecule has 18 heavy (non-hydrogen) atoms. The molecule has 3 heteroatoms. The molecule has 0 fully saturated rings. The number of hydrogen-bond donors (Lipinski definition) is 2. The zero-order chi connectivity index (χ0) is 13.0. The van der Waals surface area contributed by atoms with Crippen LogP contribution in [0.1, 0.15) is 12.5 Å². The van der Waals surface area contributed by atoms with E-state index in [1.165, 1.54) is 6.92 Å². The summed E-state index contributed by atoms with van der Waals surface area (Å²) in [7, 11) is 0. The molecule has 0 unspecified atom stereocenters. The SMILES string of the molecule is CC(=O)NCC=Cc1ccc2cc(N)ccc2c1. The van der Waals surface area contributed by atoms with Gasteiger partial charge >= 0.3 is 0 Å². The van der Waals surface area contributed by atoms with Crippen molar-refractivity contribution in [3.63, 3.8) is 0 Å². The fourth-order valence-corrected chi connectivity index (χ4v) is 1.78. The second kappa shape index (κ2) is 5.36. The first-order valence-corrected chi connectivity index (χ1v) is 5.85. The molecule has 1 amide bonds. The van der Waals surface area contributed by atoms with Gasteiger partial charge in [-0.05, 0) is 34.5 Å². The van der Waals surface area contributed by atoms with Gasteiger partial charge in [-0.15, -0.1) is 0 Å². The van der Waals surface area contributed by atoms with Gasteiger partial charge in [-0.25, -0.2) is 0 Å². The molecule has 0 aliphatic rings. The molecule has 0 bridgehead atoms. The lowest BCUT2D eigenvalue weighted by Crippen LogP contribution is -2.19. The molecule has 0 atom stereocenters. The zero-order valence-electron chi connectivity index (χ0n) is 10.3. The third-order valence-corrected chi connectivity index (χ3v) is 2.67. The summed E-state index contributed by atoms with van der Waals surface area (Å²) in [5.74, 6) is -0.0198. The van der Waals surface area contributed by atoms with Gasteiger partial charge in [0.1, 0.15) is 0 Å². The summed E-state index contributed by atoms with van der Waals surface area (Å²) < 4.78 is 0. The Morgan fingerprint density at radius 2 is 1.94 bits per heavy atom. The van der Waals surface area contributed by atoms with Gasteiger partial charge in [0.2, 0.25) is 5.91 Å². The Labute approximate surface area is 106 Å². The van der Waals surface area contributed by atoms with Crippen molar-refractivity contribution in [2.75, 3.05) is 12.3 Å². The van der Waals surface area contributed by atoms with E-state index in [2.05, 4.69) is 11.4 Å². The van der Waals surface area contributed by atoms with Gasteiger partial charge in [0.05, 0.1) is 0 Å². The van der Waals surface area contributed by atoms with E-state index in [4.69, 9.17) is 5.73 Å². The number of carbonyl (C=O) groups is 1. The number of benzene rings is 2. The number of rotatable bonds is 3. The van der Waals surface area contributed by atoms with Gasteiger partial charge in [0, 0.05) is 19.2 Å². The lowest BCUT2D eigenvalue weighted by atomic mass is 10.1. The van der Waals surface area contributed by atoms with Crippen LogP contribution in [-0.2, 0) is 4.79 Å². The van der Waals surface area contributed by atoms with Crippen molar-refractivity contribution in [2.24, 2.45) is 0 Å². The van der Waals surface area contributed by atoms with Crippen LogP contribution in [-0.4, -0.2) is 12.5 Å². The number of nitrogen functional groups attached to an aromatic ring is 1. The molecule has 0 saturated carbocycles. The second-order valence-electron chi connectivity index (χ2n) is 4.21. The second-order valence-corrected chi connectivity index (χ2v) is 4.21. The standard InChI is InChI=1S/C15H16N2O/c1-11(18)17-8-2-3-12-4-5-14-10-15(16)7-6-13(14)9-12/h2-7,9-10H,8,16H2,1H3,(H,17,18). The number of nitrogens with two attached hydrogens (primary N) is 1. The summed E-state index contributed by atoms with van der Waals surface area (Å²) in [6, 6.07) is 12.0. The zero-order valence-corrected chi connectivity index (χ0v) is 10.3. The van der Waals surface area contributed by atoms with Crippen molar-refractivity contribution in [1.29, 1.82) is 0 Å². The van der Waals surface area contributed by atoms with Crippen LogP contribution >= 0.6 is 0 Å². The van der Waals surface area contributed by atoms with Crippen molar-refractivity contribution in [1.82, 2.24) is 5.32 Å². The van der Waals surface area contributed by atoms with Crippen LogP contribution in [0.5, 0.6) is 0 Å². The number of carbonyl (C=O) groups excluding carboxylic acids is 1. The van der Waals surface area contributed by atoms with E-state index in [-0.39, 0.29) is 5.91 Å². The monoisotopic (exact) mass is 240 g/mol. The van der Waals surface area contributed by atoms with Crippen molar-refractivity contribution in [3.05, 3.63) is 48.0 Å². The molecular weight excluding hydrogens is 224 g/mol. The molecule has 0 aliphatic carbocycles. The van der Waals surface area contributed by atoms with Crippen LogP contribution in [0.25, 0.3) is 16.8 Å². The minimum atomic E-state index is -0.0198. The summed E-state index contributed by atoms with van der Waals surface area (Å²) in [5.41, 5.74) is 7.62. The van der Waals surface area contributed by atoms with E-state index < -0.39 is 0 Å². The maximum Gasteiger partial charge on any atom is 0.217 e. The summed E-state index contributed by atoms with van der Waals surface area (Å²) >= 11 is 0. The predicted molar refractivity (Wildman–Crippen MR) is 76.1 cm³/mol. The predicted octanol–water partition coefficient (Wildman–Crippen LogP) is 2.57. The largest absolute Gasteiger partial charge is 0.399 e. The number of anilines is 1. The summed E-state index contributed by atoms with van der Waals surface area (Å²) in [6.45, 7) is 2.06. The van der Waals surface area contributed by atoms with Crippen molar-refractivity contribution < 1.29 is 4.79 Å². The number of hydrogen-bond acceptors (Lipinski definition) is 2. The Morgan fingerprint density at radius 1 is 1.22 bits per heavy atom. The van der Waals surface area contributed by atoms with Gasteiger partial charge in [0.25, 0.3) is 0 Å². The van der Waals surface area contributed by atoms with E-state index in [9.17, 15) is 4.79 Å². The minimum absolute atomic E-state index is 0.0198. The smallest absolute Gasteiger partial charge is 0.217 e. The quantitative estimate of drug-likeness (QED) is 0.810. The van der Waals surface area contributed by atoms with E-state index in [0.717, 1.165) is 22.0 Å². The minimum Gasteiger partial charge on any atom is -0.399 e. The Hall–Kier alpha value is -2.29. The first-order chi connectivity index (χ1) is 8.65.